The molecule has 0 unspecified atom stereocenters. The summed E-state index contributed by atoms with van der Waals surface area (Å²) >= 11 is 0. The van der Waals surface area contributed by atoms with Crippen molar-refractivity contribution in [3.63, 3.8) is 0 Å². The molecule has 2 aromatic carbocycles. The highest BCUT2D eigenvalue weighted by molar-refractivity contribution is 6.05. The predicted octanol–water partition coefficient (Wildman–Crippen LogP) is 3.50. The lowest BCUT2D eigenvalue weighted by molar-refractivity contribution is -0.137. The number of carbonyl (C=O) groups excluding carboxylic acids is 2. The summed E-state index contributed by atoms with van der Waals surface area (Å²) in [6.07, 6.45) is -4.59. The van der Waals surface area contributed by atoms with Crippen LogP contribution >= 0.6 is 0 Å². The summed E-state index contributed by atoms with van der Waals surface area (Å²) in [5.74, 6) is -2.54. The summed E-state index contributed by atoms with van der Waals surface area (Å²) in [5, 5.41) is 2.29. The minimum Gasteiger partial charge on any atom is -0.366 e. The van der Waals surface area contributed by atoms with Gasteiger partial charge in [0.2, 0.25) is 5.91 Å². The number of carbonyl (C=O) groups is 2. The maximum atomic E-state index is 13.8. The first-order valence-corrected chi connectivity index (χ1v) is 6.68. The van der Waals surface area contributed by atoms with E-state index in [0.29, 0.717) is 6.07 Å². The molecule has 0 bridgehead atoms. The van der Waals surface area contributed by atoms with Gasteiger partial charge in [-0.25, -0.2) is 4.39 Å². The zero-order valence-electron chi connectivity index (χ0n) is 12.4. The number of hydrogen-bond acceptors (Lipinski definition) is 2. The van der Waals surface area contributed by atoms with Gasteiger partial charge in [-0.15, -0.1) is 0 Å². The highest BCUT2D eigenvalue weighted by Gasteiger charge is 2.31. The molecule has 0 aliphatic carbocycles. The Labute approximate surface area is 134 Å². The molecule has 8 heteroatoms. The molecule has 0 radical (unpaired) electrons. The zero-order valence-corrected chi connectivity index (χ0v) is 12.4. The number of halogens is 4. The van der Waals surface area contributed by atoms with Gasteiger partial charge in [0.05, 0.1) is 5.56 Å². The lowest BCUT2D eigenvalue weighted by Gasteiger charge is -2.12. The van der Waals surface area contributed by atoms with Crippen molar-refractivity contribution in [3.05, 3.63) is 64.5 Å². The molecule has 0 fully saturated rings. The smallest absolute Gasteiger partial charge is 0.366 e. The summed E-state index contributed by atoms with van der Waals surface area (Å²) in [5.41, 5.74) is 3.64. The number of hydrogen-bond donors (Lipinski definition) is 2. The first kappa shape index (κ1) is 17.5. The third kappa shape index (κ3) is 3.70. The number of nitrogens with two attached hydrogens (primary N) is 1. The van der Waals surface area contributed by atoms with Crippen LogP contribution in [0.4, 0.5) is 23.2 Å². The minimum absolute atomic E-state index is 0.0281. The molecule has 0 aliphatic rings. The fraction of sp³-hybridized carbons (Fsp3) is 0.125. The number of anilines is 1. The van der Waals surface area contributed by atoms with Crippen LogP contribution in [-0.2, 0) is 6.18 Å². The Morgan fingerprint density at radius 2 is 1.75 bits per heavy atom. The Bertz CT molecular complexity index is 816. The van der Waals surface area contributed by atoms with Crippen molar-refractivity contribution < 1.29 is 27.2 Å². The van der Waals surface area contributed by atoms with E-state index in [0.717, 1.165) is 24.3 Å². The fourth-order valence-electron chi connectivity index (χ4n) is 1.98. The molecule has 2 rings (SSSR count). The highest BCUT2D eigenvalue weighted by Crippen LogP contribution is 2.30. The summed E-state index contributed by atoms with van der Waals surface area (Å²) in [4.78, 5) is 23.3. The van der Waals surface area contributed by atoms with Crippen molar-refractivity contribution in [2.75, 3.05) is 5.32 Å². The van der Waals surface area contributed by atoms with Gasteiger partial charge in [-0.1, -0.05) is 6.07 Å². The zero-order chi connectivity index (χ0) is 18.1. The number of primary amides is 1. The normalized spacial score (nSPS) is 11.2. The van der Waals surface area contributed by atoms with Gasteiger partial charge in [0.15, 0.2) is 0 Å². The van der Waals surface area contributed by atoms with Crippen LogP contribution in [0.2, 0.25) is 0 Å². The molecule has 0 saturated carbocycles. The van der Waals surface area contributed by atoms with E-state index in [2.05, 4.69) is 5.32 Å². The Kier molecular flexibility index (Phi) is 4.59. The number of amides is 2. The van der Waals surface area contributed by atoms with Gasteiger partial charge < -0.3 is 11.1 Å². The van der Waals surface area contributed by atoms with Crippen LogP contribution in [0.25, 0.3) is 0 Å². The van der Waals surface area contributed by atoms with Crippen molar-refractivity contribution >= 4 is 17.5 Å². The first-order valence-electron chi connectivity index (χ1n) is 6.68. The van der Waals surface area contributed by atoms with Gasteiger partial charge in [-0.3, -0.25) is 9.59 Å². The second-order valence-electron chi connectivity index (χ2n) is 5.03. The van der Waals surface area contributed by atoms with E-state index in [1.54, 1.807) is 0 Å². The highest BCUT2D eigenvalue weighted by atomic mass is 19.4. The number of rotatable bonds is 3. The molecule has 0 aromatic heterocycles. The van der Waals surface area contributed by atoms with Crippen molar-refractivity contribution in [1.29, 1.82) is 0 Å². The molecule has 0 atom stereocenters. The van der Waals surface area contributed by atoms with E-state index >= 15 is 0 Å². The van der Waals surface area contributed by atoms with Crippen LogP contribution in [0.5, 0.6) is 0 Å². The van der Waals surface area contributed by atoms with Gasteiger partial charge in [0.1, 0.15) is 5.82 Å². The average molecular weight is 340 g/mol. The molecule has 0 saturated heterocycles. The van der Waals surface area contributed by atoms with E-state index in [-0.39, 0.29) is 22.4 Å². The molecule has 2 amide bonds. The standard InChI is InChI=1S/C16H12F4N2O2/c1-8-12(17)6-10(14(21)23)7-13(8)22-15(24)9-3-2-4-11(5-9)16(18,19)20/h2-7H,1H3,(H2,21,23)(H,22,24). The fourth-order valence-corrected chi connectivity index (χ4v) is 1.98. The van der Waals surface area contributed by atoms with Gasteiger partial charge in [-0.2, -0.15) is 13.2 Å². The van der Waals surface area contributed by atoms with E-state index in [9.17, 15) is 27.2 Å². The Morgan fingerprint density at radius 3 is 2.33 bits per heavy atom. The van der Waals surface area contributed by atoms with Crippen molar-refractivity contribution in [2.24, 2.45) is 5.73 Å². The van der Waals surface area contributed by atoms with E-state index in [4.69, 9.17) is 5.73 Å². The molecule has 2 aromatic rings. The maximum absolute atomic E-state index is 13.8. The summed E-state index contributed by atoms with van der Waals surface area (Å²) in [7, 11) is 0. The van der Waals surface area contributed by atoms with E-state index in [1.165, 1.54) is 13.0 Å². The first-order chi connectivity index (χ1) is 11.1. The number of alkyl halides is 3. The minimum atomic E-state index is -4.59. The molecular formula is C16H12F4N2O2. The molecule has 126 valence electrons. The average Bonchev–Trinajstić information content (AvgIpc) is 2.50. The predicted molar refractivity (Wildman–Crippen MR) is 79.1 cm³/mol. The molecule has 0 aliphatic heterocycles. The lowest BCUT2D eigenvalue weighted by Crippen LogP contribution is -2.17. The van der Waals surface area contributed by atoms with Gasteiger partial charge in [-0.05, 0) is 37.3 Å². The van der Waals surface area contributed by atoms with Crippen LogP contribution in [-0.4, -0.2) is 11.8 Å². The van der Waals surface area contributed by atoms with Crippen molar-refractivity contribution in [1.82, 2.24) is 0 Å². The second-order valence-corrected chi connectivity index (χ2v) is 5.03. The van der Waals surface area contributed by atoms with E-state index < -0.39 is 29.4 Å². The number of nitrogens with one attached hydrogen (secondary N) is 1. The molecule has 3 N–H and O–H groups in total. The van der Waals surface area contributed by atoms with Crippen LogP contribution in [0.3, 0.4) is 0 Å². The monoisotopic (exact) mass is 340 g/mol. The van der Waals surface area contributed by atoms with Crippen molar-refractivity contribution in [2.45, 2.75) is 13.1 Å². The summed E-state index contributed by atoms with van der Waals surface area (Å²) in [6, 6.07) is 5.86. The quantitative estimate of drug-likeness (QED) is 0.840. The van der Waals surface area contributed by atoms with Gasteiger partial charge in [0, 0.05) is 22.4 Å². The Morgan fingerprint density at radius 1 is 1.08 bits per heavy atom. The summed E-state index contributed by atoms with van der Waals surface area (Å²) in [6.45, 7) is 1.35. The Balaban J connectivity index is 2.35. The topological polar surface area (TPSA) is 72.2 Å². The SMILES string of the molecule is Cc1c(F)cc(C(N)=O)cc1NC(=O)c1cccc(C(F)(F)F)c1. The molecule has 24 heavy (non-hydrogen) atoms. The van der Waals surface area contributed by atoms with Crippen LogP contribution in [0.1, 0.15) is 31.8 Å². The number of benzene rings is 2. The molecular weight excluding hydrogens is 328 g/mol. The van der Waals surface area contributed by atoms with E-state index in [1.807, 2.05) is 0 Å². The third-order valence-corrected chi connectivity index (χ3v) is 3.33. The molecule has 4 nitrogen and oxygen atoms in total. The van der Waals surface area contributed by atoms with Crippen LogP contribution in [0.15, 0.2) is 36.4 Å². The largest absolute Gasteiger partial charge is 0.416 e. The summed E-state index contributed by atoms with van der Waals surface area (Å²) < 4.78 is 51.8. The van der Waals surface area contributed by atoms with Gasteiger partial charge in [0.25, 0.3) is 5.91 Å². The lowest BCUT2D eigenvalue weighted by atomic mass is 10.1. The Hall–Kier alpha value is -2.90. The second kappa shape index (κ2) is 6.31. The van der Waals surface area contributed by atoms with Crippen LogP contribution in [0, 0.1) is 12.7 Å². The molecule has 0 spiro atoms. The third-order valence-electron chi connectivity index (χ3n) is 3.33. The van der Waals surface area contributed by atoms with Crippen molar-refractivity contribution in [3.8, 4) is 0 Å². The maximum Gasteiger partial charge on any atom is 0.416 e. The molecule has 0 heterocycles. The van der Waals surface area contributed by atoms with Crippen LogP contribution < -0.4 is 11.1 Å². The van der Waals surface area contributed by atoms with Gasteiger partial charge >= 0.3 is 6.18 Å².